The molecule has 14 heteroatoms. The molecular formula is C17H18F6N6O2. The number of anilines is 1. The summed E-state index contributed by atoms with van der Waals surface area (Å²) in [5.74, 6) is -6.48. The van der Waals surface area contributed by atoms with Gasteiger partial charge in [0.15, 0.2) is 0 Å². The van der Waals surface area contributed by atoms with Crippen LogP contribution in [0.2, 0.25) is 0 Å². The minimum absolute atomic E-state index is 0.200. The van der Waals surface area contributed by atoms with Gasteiger partial charge in [-0.05, 0) is 12.8 Å². The number of aliphatic hydroxyl groups is 1. The van der Waals surface area contributed by atoms with Crippen LogP contribution >= 0.6 is 0 Å². The maximum absolute atomic E-state index is 13.5. The van der Waals surface area contributed by atoms with Crippen LogP contribution in [0.4, 0.5) is 32.0 Å². The molecule has 0 saturated carbocycles. The second kappa shape index (κ2) is 7.98. The zero-order chi connectivity index (χ0) is 23.1. The highest BCUT2D eigenvalue weighted by Crippen LogP contribution is 2.40. The van der Waals surface area contributed by atoms with Gasteiger partial charge in [-0.3, -0.25) is 4.79 Å². The van der Waals surface area contributed by atoms with Gasteiger partial charge < -0.3 is 26.5 Å². The van der Waals surface area contributed by atoms with Crippen molar-refractivity contribution in [2.75, 3.05) is 18.0 Å². The Hall–Kier alpha value is -2.90. The average molecular weight is 452 g/mol. The molecule has 2 aliphatic rings. The highest BCUT2D eigenvalue weighted by Gasteiger charge is 2.53. The number of amides is 1. The molecule has 3 rings (SSSR count). The van der Waals surface area contributed by atoms with Crippen molar-refractivity contribution in [2.45, 2.75) is 31.3 Å². The zero-order valence-electron chi connectivity index (χ0n) is 15.8. The molecule has 1 aromatic heterocycles. The Bertz CT molecular complexity index is 890. The molecule has 1 aromatic rings. The van der Waals surface area contributed by atoms with Crippen molar-refractivity contribution in [1.29, 1.82) is 5.41 Å². The Morgan fingerprint density at radius 3 is 2.19 bits per heavy atom. The zero-order valence-corrected chi connectivity index (χ0v) is 15.8. The number of aliphatic hydroxyl groups excluding tert-OH is 1. The Balaban J connectivity index is 1.73. The molecule has 8 nitrogen and oxygen atoms in total. The summed E-state index contributed by atoms with van der Waals surface area (Å²) in [6.45, 7) is 0.446. The van der Waals surface area contributed by atoms with Crippen molar-refractivity contribution >= 4 is 17.3 Å². The van der Waals surface area contributed by atoms with Gasteiger partial charge in [0.1, 0.15) is 17.8 Å². The molecule has 0 unspecified atom stereocenters. The molecule has 0 spiro atoms. The molecule has 0 radical (unpaired) electrons. The normalized spacial score (nSPS) is 23.7. The Morgan fingerprint density at radius 1 is 1.16 bits per heavy atom. The number of carbonyl (C=O) groups excluding carboxylic acids is 1. The van der Waals surface area contributed by atoms with Crippen LogP contribution in [0.15, 0.2) is 23.8 Å². The number of nitrogens with zero attached hydrogens (tertiary/aromatic N) is 3. The van der Waals surface area contributed by atoms with Crippen molar-refractivity contribution in [1.82, 2.24) is 15.3 Å². The Morgan fingerprint density at radius 2 is 1.71 bits per heavy atom. The molecule has 0 aliphatic carbocycles. The van der Waals surface area contributed by atoms with Crippen LogP contribution in [0.1, 0.15) is 18.7 Å². The summed E-state index contributed by atoms with van der Waals surface area (Å²) in [6.07, 6.45) is -9.68. The van der Waals surface area contributed by atoms with Gasteiger partial charge in [0.05, 0.1) is 18.1 Å². The summed E-state index contributed by atoms with van der Waals surface area (Å²) in [6, 6.07) is 0. The van der Waals surface area contributed by atoms with Crippen LogP contribution in [0.25, 0.3) is 0 Å². The molecule has 3 heterocycles. The molecule has 0 bridgehead atoms. The number of hydrogen-bond acceptors (Lipinski definition) is 7. The van der Waals surface area contributed by atoms with Crippen molar-refractivity contribution in [3.05, 3.63) is 29.6 Å². The molecule has 1 amide bonds. The smallest absolute Gasteiger partial charge is 0.385 e. The molecule has 31 heavy (non-hydrogen) atoms. The van der Waals surface area contributed by atoms with E-state index in [0.717, 1.165) is 12.4 Å². The predicted molar refractivity (Wildman–Crippen MR) is 94.6 cm³/mol. The number of piperidine rings is 1. The van der Waals surface area contributed by atoms with Gasteiger partial charge in [-0.1, -0.05) is 0 Å². The first-order chi connectivity index (χ1) is 14.3. The summed E-state index contributed by atoms with van der Waals surface area (Å²) in [7, 11) is 0. The van der Waals surface area contributed by atoms with Crippen LogP contribution in [0, 0.1) is 17.2 Å². The third kappa shape index (κ3) is 4.57. The van der Waals surface area contributed by atoms with E-state index in [1.165, 1.54) is 0 Å². The standard InChI is InChI=1S/C17H18F6N6O2/c18-16(19,20)10-9(13(25)28-14(31)12(10)30)11(24)7-1-3-29(4-2-7)8-5-26-15(27-6-8)17(21,22)23/h5-7,10,12,24,30H,1-4,25H2,(H,28,31)/t10-,12-/m1/s1. The van der Waals surface area contributed by atoms with Crippen LogP contribution in [0.3, 0.4) is 0 Å². The topological polar surface area (TPSA) is 128 Å². The number of nitrogens with two attached hydrogens (primary N) is 1. The van der Waals surface area contributed by atoms with E-state index in [2.05, 4.69) is 9.97 Å². The molecule has 0 aromatic carbocycles. The van der Waals surface area contributed by atoms with Crippen molar-refractivity contribution in [3.8, 4) is 0 Å². The maximum atomic E-state index is 13.5. The van der Waals surface area contributed by atoms with Gasteiger partial charge in [-0.15, -0.1) is 0 Å². The maximum Gasteiger partial charge on any atom is 0.451 e. The minimum atomic E-state index is -5.00. The SMILES string of the molecule is N=C(C1=C(N)NC(=O)[C@H](O)[C@@H]1C(F)(F)F)C1CCN(c2cnc(C(F)(F)F)nc2)CC1. The molecule has 2 atom stereocenters. The summed E-state index contributed by atoms with van der Waals surface area (Å²) in [5, 5.41) is 20.0. The van der Waals surface area contributed by atoms with E-state index in [1.807, 2.05) is 5.32 Å². The number of hydrogen-bond donors (Lipinski definition) is 4. The second-order valence-electron chi connectivity index (χ2n) is 7.22. The van der Waals surface area contributed by atoms with Crippen molar-refractivity contribution in [2.24, 2.45) is 17.6 Å². The lowest BCUT2D eigenvalue weighted by atomic mass is 9.79. The van der Waals surface area contributed by atoms with Crippen molar-refractivity contribution in [3.63, 3.8) is 0 Å². The highest BCUT2D eigenvalue weighted by atomic mass is 19.4. The van der Waals surface area contributed by atoms with E-state index >= 15 is 0 Å². The first-order valence-electron chi connectivity index (χ1n) is 9.09. The Labute approximate surface area is 171 Å². The largest absolute Gasteiger partial charge is 0.451 e. The molecule has 1 fully saturated rings. The average Bonchev–Trinajstić information content (AvgIpc) is 2.68. The molecule has 5 N–H and O–H groups in total. The van der Waals surface area contributed by atoms with E-state index in [0.29, 0.717) is 5.69 Å². The monoisotopic (exact) mass is 452 g/mol. The van der Waals surface area contributed by atoms with E-state index < -0.39 is 59.1 Å². The number of aromatic nitrogens is 2. The number of rotatable bonds is 3. The quantitative estimate of drug-likeness (QED) is 0.407. The molecule has 170 valence electrons. The van der Waals surface area contributed by atoms with E-state index in [1.54, 1.807) is 4.90 Å². The number of halogens is 6. The fourth-order valence-electron chi connectivity index (χ4n) is 3.68. The van der Waals surface area contributed by atoms with Gasteiger partial charge in [-0.25, -0.2) is 9.97 Å². The van der Waals surface area contributed by atoms with Gasteiger partial charge in [0, 0.05) is 30.3 Å². The van der Waals surface area contributed by atoms with Crippen LogP contribution < -0.4 is 16.0 Å². The third-order valence-corrected chi connectivity index (χ3v) is 5.25. The molecule has 2 aliphatic heterocycles. The number of carbonyl (C=O) groups is 1. The minimum Gasteiger partial charge on any atom is -0.385 e. The number of nitrogens with one attached hydrogen (secondary N) is 2. The van der Waals surface area contributed by atoms with Crippen LogP contribution in [-0.4, -0.2) is 52.1 Å². The fourth-order valence-corrected chi connectivity index (χ4v) is 3.68. The summed E-state index contributed by atoms with van der Waals surface area (Å²) in [4.78, 5) is 19.8. The number of alkyl halides is 6. The third-order valence-electron chi connectivity index (χ3n) is 5.25. The fraction of sp³-hybridized carbons (Fsp3) is 0.529. The van der Waals surface area contributed by atoms with Gasteiger partial charge in [0.2, 0.25) is 5.82 Å². The van der Waals surface area contributed by atoms with Gasteiger partial charge in [0.25, 0.3) is 5.91 Å². The second-order valence-corrected chi connectivity index (χ2v) is 7.22. The lowest BCUT2D eigenvalue weighted by Crippen LogP contribution is -2.54. The lowest BCUT2D eigenvalue weighted by Gasteiger charge is -2.37. The summed E-state index contributed by atoms with van der Waals surface area (Å²) < 4.78 is 78.2. The molecular weight excluding hydrogens is 434 g/mol. The lowest BCUT2D eigenvalue weighted by molar-refractivity contribution is -0.192. The van der Waals surface area contributed by atoms with Crippen LogP contribution in [0.5, 0.6) is 0 Å². The van der Waals surface area contributed by atoms with Crippen LogP contribution in [-0.2, 0) is 11.0 Å². The van der Waals surface area contributed by atoms with Gasteiger partial charge in [-0.2, -0.15) is 26.3 Å². The van der Waals surface area contributed by atoms with Crippen molar-refractivity contribution < 1.29 is 36.2 Å². The predicted octanol–water partition coefficient (Wildman–Crippen LogP) is 1.57. The van der Waals surface area contributed by atoms with E-state index in [4.69, 9.17) is 11.1 Å². The highest BCUT2D eigenvalue weighted by molar-refractivity contribution is 6.03. The molecule has 1 saturated heterocycles. The first kappa shape index (κ1) is 22.8. The Kier molecular flexibility index (Phi) is 5.86. The summed E-state index contributed by atoms with van der Waals surface area (Å²) >= 11 is 0. The summed E-state index contributed by atoms with van der Waals surface area (Å²) in [5.41, 5.74) is 4.77. The first-order valence-corrected chi connectivity index (χ1v) is 9.09. The van der Waals surface area contributed by atoms with Gasteiger partial charge >= 0.3 is 12.4 Å². The van der Waals surface area contributed by atoms with E-state index in [-0.39, 0.29) is 25.9 Å². The van der Waals surface area contributed by atoms with E-state index in [9.17, 15) is 36.2 Å².